The van der Waals surface area contributed by atoms with Gasteiger partial charge in [-0.25, -0.2) is 0 Å². The highest BCUT2D eigenvalue weighted by atomic mass is 16.3. The zero-order chi connectivity index (χ0) is 18.9. The predicted octanol–water partition coefficient (Wildman–Crippen LogP) is 2.03. The molecule has 0 bridgehead atoms. The van der Waals surface area contributed by atoms with Gasteiger partial charge in [0.15, 0.2) is 5.76 Å². The van der Waals surface area contributed by atoms with Crippen LogP contribution in [0.1, 0.15) is 18.6 Å². The summed E-state index contributed by atoms with van der Waals surface area (Å²) in [6.45, 7) is 2.57. The van der Waals surface area contributed by atoms with Crippen molar-refractivity contribution in [2.24, 2.45) is 0 Å². The van der Waals surface area contributed by atoms with Crippen LogP contribution in [0.4, 0.5) is 11.9 Å². The van der Waals surface area contributed by atoms with Crippen molar-refractivity contribution < 1.29 is 8.83 Å². The average Bonchev–Trinajstić information content (AvgIpc) is 3.47. The van der Waals surface area contributed by atoms with Crippen LogP contribution in [0, 0.1) is 0 Å². The first kappa shape index (κ1) is 16.8. The molecule has 0 amide bonds. The Morgan fingerprint density at radius 2 is 2.04 bits per heavy atom. The molecule has 1 saturated heterocycles. The lowest BCUT2D eigenvalue weighted by atomic mass is 10.2. The van der Waals surface area contributed by atoms with E-state index in [0.29, 0.717) is 29.4 Å². The van der Waals surface area contributed by atoms with Crippen LogP contribution >= 0.6 is 0 Å². The Kier molecular flexibility index (Phi) is 4.17. The molecule has 10 heteroatoms. The van der Waals surface area contributed by atoms with E-state index in [1.54, 1.807) is 24.7 Å². The topological polar surface area (TPSA) is 124 Å². The molecular weight excluding hydrogens is 360 g/mol. The maximum atomic E-state index is 6.04. The summed E-state index contributed by atoms with van der Waals surface area (Å²) in [7, 11) is 0. The van der Waals surface area contributed by atoms with Crippen LogP contribution in [-0.2, 0) is 6.54 Å². The monoisotopic (exact) mass is 380 g/mol. The zero-order valence-electron chi connectivity index (χ0n) is 15.2. The van der Waals surface area contributed by atoms with E-state index in [0.717, 1.165) is 38.2 Å². The van der Waals surface area contributed by atoms with Gasteiger partial charge in [0.05, 0.1) is 19.1 Å². The molecule has 5 rings (SSSR count). The van der Waals surface area contributed by atoms with E-state index in [1.807, 2.05) is 12.1 Å². The molecule has 4 aromatic heterocycles. The number of likely N-dealkylation sites (tertiary alicyclic amines) is 1. The molecule has 0 unspecified atom stereocenters. The van der Waals surface area contributed by atoms with Gasteiger partial charge in [0.1, 0.15) is 5.76 Å². The second kappa shape index (κ2) is 6.97. The number of nitrogen functional groups attached to an aromatic ring is 1. The molecule has 0 saturated carbocycles. The summed E-state index contributed by atoms with van der Waals surface area (Å²) in [6.07, 6.45) is 5.55. The van der Waals surface area contributed by atoms with Crippen molar-refractivity contribution in [3.8, 4) is 11.6 Å². The summed E-state index contributed by atoms with van der Waals surface area (Å²) in [5.74, 6) is 2.98. The van der Waals surface area contributed by atoms with E-state index in [2.05, 4.69) is 30.3 Å². The van der Waals surface area contributed by atoms with E-state index in [-0.39, 0.29) is 5.95 Å². The van der Waals surface area contributed by atoms with Crippen molar-refractivity contribution in [2.45, 2.75) is 25.4 Å². The number of anilines is 2. The summed E-state index contributed by atoms with van der Waals surface area (Å²) in [5, 5.41) is 7.60. The number of hydrogen-bond acceptors (Lipinski definition) is 9. The SMILES string of the molecule is Nc1nc(NC[C@H]2CCCN2Cc2ccco2)nc2nc(-c3ccco3)nn12. The number of nitrogens with two attached hydrogens (primary N) is 1. The molecule has 28 heavy (non-hydrogen) atoms. The first-order chi connectivity index (χ1) is 13.8. The van der Waals surface area contributed by atoms with Crippen LogP contribution in [0.3, 0.4) is 0 Å². The molecule has 144 valence electrons. The number of rotatable bonds is 6. The third kappa shape index (κ3) is 3.18. The Labute approximate surface area is 160 Å². The van der Waals surface area contributed by atoms with Gasteiger partial charge in [-0.05, 0) is 43.7 Å². The lowest BCUT2D eigenvalue weighted by Crippen LogP contribution is -2.34. The largest absolute Gasteiger partial charge is 0.468 e. The molecule has 0 aromatic carbocycles. The van der Waals surface area contributed by atoms with Crippen molar-refractivity contribution in [2.75, 3.05) is 24.1 Å². The van der Waals surface area contributed by atoms with Crippen LogP contribution in [-0.4, -0.2) is 48.6 Å². The van der Waals surface area contributed by atoms with Gasteiger partial charge in [-0.2, -0.15) is 19.5 Å². The number of furan rings is 2. The van der Waals surface area contributed by atoms with Gasteiger partial charge in [-0.15, -0.1) is 5.10 Å². The Balaban J connectivity index is 1.31. The Bertz CT molecular complexity index is 1060. The van der Waals surface area contributed by atoms with E-state index in [9.17, 15) is 0 Å². The number of nitrogens with zero attached hydrogens (tertiary/aromatic N) is 6. The fourth-order valence-corrected chi connectivity index (χ4v) is 3.54. The van der Waals surface area contributed by atoms with Gasteiger partial charge in [-0.1, -0.05) is 0 Å². The first-order valence-corrected chi connectivity index (χ1v) is 9.21. The first-order valence-electron chi connectivity index (χ1n) is 9.21. The zero-order valence-corrected chi connectivity index (χ0v) is 15.2. The van der Waals surface area contributed by atoms with Crippen molar-refractivity contribution in [1.82, 2.24) is 29.5 Å². The summed E-state index contributed by atoms with van der Waals surface area (Å²) in [6, 6.07) is 7.86. The Morgan fingerprint density at radius 1 is 1.14 bits per heavy atom. The smallest absolute Gasteiger partial charge is 0.259 e. The summed E-state index contributed by atoms with van der Waals surface area (Å²) < 4.78 is 12.2. The normalized spacial score (nSPS) is 17.5. The highest BCUT2D eigenvalue weighted by Gasteiger charge is 2.25. The fraction of sp³-hybridized carbons (Fsp3) is 0.333. The van der Waals surface area contributed by atoms with E-state index in [4.69, 9.17) is 14.6 Å². The Morgan fingerprint density at radius 3 is 2.86 bits per heavy atom. The number of fused-ring (bicyclic) bond motifs is 1. The molecule has 0 aliphatic carbocycles. The summed E-state index contributed by atoms with van der Waals surface area (Å²) in [4.78, 5) is 15.5. The predicted molar refractivity (Wildman–Crippen MR) is 101 cm³/mol. The van der Waals surface area contributed by atoms with Crippen molar-refractivity contribution in [3.63, 3.8) is 0 Å². The quantitative estimate of drug-likeness (QED) is 0.517. The molecule has 1 aliphatic heterocycles. The van der Waals surface area contributed by atoms with Crippen molar-refractivity contribution in [1.29, 1.82) is 0 Å². The van der Waals surface area contributed by atoms with Crippen LogP contribution in [0.5, 0.6) is 0 Å². The van der Waals surface area contributed by atoms with Gasteiger partial charge >= 0.3 is 0 Å². The molecule has 3 N–H and O–H groups in total. The molecule has 1 atom stereocenters. The molecule has 1 fully saturated rings. The number of nitrogens with one attached hydrogen (secondary N) is 1. The fourth-order valence-electron chi connectivity index (χ4n) is 3.54. The van der Waals surface area contributed by atoms with E-state index >= 15 is 0 Å². The highest BCUT2D eigenvalue weighted by Crippen LogP contribution is 2.21. The minimum Gasteiger partial charge on any atom is -0.468 e. The maximum absolute atomic E-state index is 6.04. The van der Waals surface area contributed by atoms with Gasteiger partial charge in [0.25, 0.3) is 5.78 Å². The van der Waals surface area contributed by atoms with Gasteiger partial charge in [0.2, 0.25) is 17.7 Å². The molecule has 1 aliphatic rings. The van der Waals surface area contributed by atoms with Gasteiger partial charge < -0.3 is 19.9 Å². The van der Waals surface area contributed by atoms with E-state index < -0.39 is 0 Å². The molecular formula is C18H20N8O2. The van der Waals surface area contributed by atoms with Crippen LogP contribution in [0.2, 0.25) is 0 Å². The second-order valence-corrected chi connectivity index (χ2v) is 6.76. The third-order valence-corrected chi connectivity index (χ3v) is 4.91. The van der Waals surface area contributed by atoms with Crippen LogP contribution in [0.15, 0.2) is 45.6 Å². The second-order valence-electron chi connectivity index (χ2n) is 6.76. The summed E-state index contributed by atoms with van der Waals surface area (Å²) in [5.41, 5.74) is 6.04. The maximum Gasteiger partial charge on any atom is 0.259 e. The lowest BCUT2D eigenvalue weighted by Gasteiger charge is -2.23. The van der Waals surface area contributed by atoms with E-state index in [1.165, 1.54) is 4.52 Å². The molecule has 10 nitrogen and oxygen atoms in total. The third-order valence-electron chi connectivity index (χ3n) is 4.91. The van der Waals surface area contributed by atoms with Crippen molar-refractivity contribution >= 4 is 17.7 Å². The number of hydrogen-bond donors (Lipinski definition) is 2. The van der Waals surface area contributed by atoms with Crippen LogP contribution in [0.25, 0.3) is 17.4 Å². The minimum atomic E-state index is 0.219. The van der Waals surface area contributed by atoms with Crippen molar-refractivity contribution in [3.05, 3.63) is 42.6 Å². The molecule has 0 spiro atoms. The van der Waals surface area contributed by atoms with Gasteiger partial charge in [0, 0.05) is 12.6 Å². The number of aromatic nitrogens is 5. The lowest BCUT2D eigenvalue weighted by molar-refractivity contribution is 0.233. The van der Waals surface area contributed by atoms with Crippen LogP contribution < -0.4 is 11.1 Å². The summed E-state index contributed by atoms with van der Waals surface area (Å²) >= 11 is 0. The minimum absolute atomic E-state index is 0.219. The molecule has 4 aromatic rings. The standard InChI is InChI=1S/C18H20N8O2/c19-16-22-17(23-18-21-15(24-26(16)18)14-6-3-9-28-14)20-10-12-4-1-7-25(12)11-13-5-2-8-27-13/h2-3,5-6,8-9,12H,1,4,7,10-11H2,(H3,19,20,21,22,23,24)/t12-/m1/s1. The Hall–Kier alpha value is -3.40. The molecule has 0 radical (unpaired) electrons. The van der Waals surface area contributed by atoms with Gasteiger partial charge in [-0.3, -0.25) is 4.90 Å². The average molecular weight is 380 g/mol. The highest BCUT2D eigenvalue weighted by molar-refractivity contribution is 5.52. The molecule has 5 heterocycles.